The Morgan fingerprint density at radius 2 is 1.82 bits per heavy atom. The highest BCUT2D eigenvalue weighted by molar-refractivity contribution is 7.89. The van der Waals surface area contributed by atoms with Crippen LogP contribution in [0, 0.1) is 11.3 Å². The lowest BCUT2D eigenvalue weighted by Crippen LogP contribution is -2.37. The molecule has 2 atom stereocenters. The van der Waals surface area contributed by atoms with Gasteiger partial charge in [-0.15, -0.1) is 10.2 Å². The number of anilines is 1. The number of amides is 1. The second-order valence-electron chi connectivity index (χ2n) is 8.73. The highest BCUT2D eigenvalue weighted by Gasteiger charge is 2.41. The number of hydrogen-bond acceptors (Lipinski definition) is 9. The first-order valence-electron chi connectivity index (χ1n) is 11.6. The standard InChI is InChI=1S/C25H23N9O4S/c26-24(27)16-5-3-4-15(12-16)23-22(19(38-32-23)13-21-30-33-34-31-21)25(35)29-17-10-8-14(9-11-17)18-6-1-2-7-20(18)39(28,36)37/h1-12,19,22H,13H2,(H3,26,27)(H,29,35)(H2,28,36,37)(H,30,31,33,34)/t19-,22-/m1/s1. The monoisotopic (exact) mass is 545 g/mol. The van der Waals surface area contributed by atoms with Crippen molar-refractivity contribution in [1.29, 1.82) is 5.41 Å². The van der Waals surface area contributed by atoms with Crippen LogP contribution < -0.4 is 16.2 Å². The van der Waals surface area contributed by atoms with Crippen molar-refractivity contribution in [2.24, 2.45) is 21.9 Å². The smallest absolute Gasteiger partial charge is 0.238 e. The fraction of sp³-hybridized carbons (Fsp3) is 0.120. The first-order chi connectivity index (χ1) is 18.7. The number of carbonyl (C=O) groups is 1. The Balaban J connectivity index is 1.42. The summed E-state index contributed by atoms with van der Waals surface area (Å²) < 4.78 is 24.0. The number of primary sulfonamides is 1. The number of nitrogens with zero attached hydrogens (tertiary/aromatic N) is 4. The molecule has 5 rings (SSSR count). The van der Waals surface area contributed by atoms with Crippen molar-refractivity contribution >= 4 is 33.2 Å². The quantitative estimate of drug-likeness (QED) is 0.161. The fourth-order valence-electron chi connectivity index (χ4n) is 4.30. The average molecular weight is 546 g/mol. The number of aromatic amines is 1. The van der Waals surface area contributed by atoms with Crippen LogP contribution >= 0.6 is 0 Å². The minimum atomic E-state index is -3.93. The maximum absolute atomic E-state index is 13.6. The molecule has 0 bridgehead atoms. The number of hydrogen-bond donors (Lipinski definition) is 5. The molecule has 0 radical (unpaired) electrons. The summed E-state index contributed by atoms with van der Waals surface area (Å²) in [5.74, 6) is -1.02. The molecule has 14 heteroatoms. The van der Waals surface area contributed by atoms with Gasteiger partial charge in [0.1, 0.15) is 17.5 Å². The van der Waals surface area contributed by atoms with Crippen LogP contribution in [0.2, 0.25) is 0 Å². The van der Waals surface area contributed by atoms with Crippen molar-refractivity contribution in [1.82, 2.24) is 20.6 Å². The molecule has 0 spiro atoms. The SMILES string of the molecule is N=C(N)c1cccc(C2=NO[C@H](Cc3nn[nH]n3)[C@H]2C(=O)Nc2ccc(-c3ccccc3S(N)(=O)=O)cc2)c1. The van der Waals surface area contributed by atoms with Gasteiger partial charge >= 0.3 is 0 Å². The third-order valence-electron chi connectivity index (χ3n) is 6.13. The van der Waals surface area contributed by atoms with Gasteiger partial charge in [0, 0.05) is 22.4 Å². The number of nitrogens with two attached hydrogens (primary N) is 2. The van der Waals surface area contributed by atoms with Gasteiger partial charge in [0.05, 0.1) is 11.3 Å². The van der Waals surface area contributed by atoms with E-state index >= 15 is 0 Å². The van der Waals surface area contributed by atoms with E-state index in [2.05, 4.69) is 31.1 Å². The van der Waals surface area contributed by atoms with Gasteiger partial charge in [-0.25, -0.2) is 13.6 Å². The lowest BCUT2D eigenvalue weighted by Gasteiger charge is -2.18. The number of nitrogens with one attached hydrogen (secondary N) is 3. The van der Waals surface area contributed by atoms with Gasteiger partial charge in [0.2, 0.25) is 15.9 Å². The molecule has 1 amide bonds. The van der Waals surface area contributed by atoms with Crippen molar-refractivity contribution in [2.45, 2.75) is 17.4 Å². The summed E-state index contributed by atoms with van der Waals surface area (Å²) in [5.41, 5.74) is 8.60. The van der Waals surface area contributed by atoms with E-state index in [9.17, 15) is 13.2 Å². The summed E-state index contributed by atoms with van der Waals surface area (Å²) in [5, 5.41) is 34.0. The van der Waals surface area contributed by atoms with E-state index in [1.165, 1.54) is 6.07 Å². The molecule has 0 fully saturated rings. The fourth-order valence-corrected chi connectivity index (χ4v) is 5.06. The third-order valence-corrected chi connectivity index (χ3v) is 7.10. The van der Waals surface area contributed by atoms with Gasteiger partial charge in [-0.05, 0) is 29.8 Å². The first-order valence-corrected chi connectivity index (χ1v) is 13.2. The van der Waals surface area contributed by atoms with Gasteiger partial charge in [0.15, 0.2) is 11.9 Å². The number of amidine groups is 1. The van der Waals surface area contributed by atoms with E-state index in [0.29, 0.717) is 39.5 Å². The van der Waals surface area contributed by atoms with E-state index in [4.69, 9.17) is 21.1 Å². The van der Waals surface area contributed by atoms with Crippen LogP contribution in [0.25, 0.3) is 11.1 Å². The van der Waals surface area contributed by atoms with E-state index < -0.39 is 28.0 Å². The summed E-state index contributed by atoms with van der Waals surface area (Å²) in [4.78, 5) is 19.2. The number of H-pyrrole nitrogens is 1. The molecule has 7 N–H and O–H groups in total. The van der Waals surface area contributed by atoms with E-state index in [1.54, 1.807) is 66.7 Å². The Hall–Kier alpha value is -4.95. The molecule has 2 heterocycles. The maximum atomic E-state index is 13.6. The zero-order valence-electron chi connectivity index (χ0n) is 20.3. The van der Waals surface area contributed by atoms with E-state index in [1.807, 2.05) is 0 Å². The Morgan fingerprint density at radius 3 is 2.51 bits per heavy atom. The van der Waals surface area contributed by atoms with Crippen LogP contribution in [-0.2, 0) is 26.1 Å². The first kappa shape index (κ1) is 25.7. The zero-order valence-corrected chi connectivity index (χ0v) is 21.1. The Labute approximate surface area is 222 Å². The third kappa shape index (κ3) is 5.51. The van der Waals surface area contributed by atoms with Gasteiger partial charge < -0.3 is 15.9 Å². The summed E-state index contributed by atoms with van der Waals surface area (Å²) in [7, 11) is -3.93. The molecule has 198 valence electrons. The number of oxime groups is 1. The van der Waals surface area contributed by atoms with Crippen LogP contribution in [0.1, 0.15) is 17.0 Å². The molecule has 3 aromatic carbocycles. The van der Waals surface area contributed by atoms with E-state index in [-0.39, 0.29) is 17.2 Å². The molecular formula is C25H23N9O4S. The topological polar surface area (TPSA) is 215 Å². The number of carbonyl (C=O) groups excluding carboxylic acids is 1. The van der Waals surface area contributed by atoms with Gasteiger partial charge in [-0.1, -0.05) is 58.9 Å². The minimum absolute atomic E-state index is 0.00263. The Bertz CT molecular complexity index is 1670. The predicted molar refractivity (Wildman–Crippen MR) is 142 cm³/mol. The van der Waals surface area contributed by atoms with Gasteiger partial charge in [0.25, 0.3) is 0 Å². The number of sulfonamides is 1. The normalized spacial score (nSPS) is 16.8. The average Bonchev–Trinajstić information content (AvgIpc) is 3.59. The number of nitrogen functional groups attached to an aromatic ring is 1. The van der Waals surface area contributed by atoms with Crippen molar-refractivity contribution < 1.29 is 18.0 Å². The molecule has 39 heavy (non-hydrogen) atoms. The summed E-state index contributed by atoms with van der Waals surface area (Å²) in [6.07, 6.45) is -0.559. The van der Waals surface area contributed by atoms with Crippen molar-refractivity contribution in [2.75, 3.05) is 5.32 Å². The predicted octanol–water partition coefficient (Wildman–Crippen LogP) is 1.40. The van der Waals surface area contributed by atoms with Crippen LogP contribution in [-0.4, -0.2) is 52.6 Å². The lowest BCUT2D eigenvalue weighted by molar-refractivity contribution is -0.120. The minimum Gasteiger partial charge on any atom is -0.390 e. The molecule has 1 aliphatic heterocycles. The second-order valence-corrected chi connectivity index (χ2v) is 10.3. The van der Waals surface area contributed by atoms with Crippen LogP contribution in [0.15, 0.2) is 82.8 Å². The van der Waals surface area contributed by atoms with Crippen LogP contribution in [0.5, 0.6) is 0 Å². The molecule has 1 aliphatic rings. The van der Waals surface area contributed by atoms with Crippen LogP contribution in [0.4, 0.5) is 5.69 Å². The molecule has 13 nitrogen and oxygen atoms in total. The largest absolute Gasteiger partial charge is 0.390 e. The number of aromatic nitrogens is 4. The zero-order chi connectivity index (χ0) is 27.6. The van der Waals surface area contributed by atoms with Crippen LogP contribution in [0.3, 0.4) is 0 Å². The highest BCUT2D eigenvalue weighted by Crippen LogP contribution is 2.30. The molecule has 0 saturated heterocycles. The molecule has 0 aliphatic carbocycles. The number of tetrazole rings is 1. The lowest BCUT2D eigenvalue weighted by atomic mass is 9.89. The summed E-state index contributed by atoms with van der Waals surface area (Å²) in [6, 6.07) is 19.9. The second kappa shape index (κ2) is 10.4. The highest BCUT2D eigenvalue weighted by atomic mass is 32.2. The Kier molecular flexibility index (Phi) is 6.87. The summed E-state index contributed by atoms with van der Waals surface area (Å²) in [6.45, 7) is 0. The van der Waals surface area contributed by atoms with Crippen molar-refractivity contribution in [3.63, 3.8) is 0 Å². The number of rotatable bonds is 8. The molecule has 1 aromatic heterocycles. The van der Waals surface area contributed by atoms with E-state index in [0.717, 1.165) is 0 Å². The molecule has 0 unspecified atom stereocenters. The molecule has 0 saturated carbocycles. The molecule has 4 aromatic rings. The Morgan fingerprint density at radius 1 is 1.05 bits per heavy atom. The number of benzene rings is 3. The maximum Gasteiger partial charge on any atom is 0.238 e. The summed E-state index contributed by atoms with van der Waals surface area (Å²) >= 11 is 0. The van der Waals surface area contributed by atoms with Gasteiger partial charge in [-0.2, -0.15) is 5.21 Å². The van der Waals surface area contributed by atoms with Gasteiger partial charge in [-0.3, -0.25) is 10.2 Å². The molecular weight excluding hydrogens is 522 g/mol. The van der Waals surface area contributed by atoms with Crippen molar-refractivity contribution in [3.05, 3.63) is 89.7 Å². The van der Waals surface area contributed by atoms with Crippen molar-refractivity contribution in [3.8, 4) is 11.1 Å².